The van der Waals surface area contributed by atoms with E-state index in [-0.39, 0.29) is 17.5 Å². The van der Waals surface area contributed by atoms with Gasteiger partial charge in [0, 0.05) is 35.5 Å². The van der Waals surface area contributed by atoms with Crippen molar-refractivity contribution in [3.63, 3.8) is 0 Å². The Balaban J connectivity index is 1.35. The van der Waals surface area contributed by atoms with E-state index < -0.39 is 11.7 Å². The number of aryl methyl sites for hydroxylation is 2. The molecule has 2 heterocycles. The van der Waals surface area contributed by atoms with E-state index in [1.807, 2.05) is 24.0 Å². The van der Waals surface area contributed by atoms with Crippen molar-refractivity contribution in [2.75, 3.05) is 13.1 Å². The first kappa shape index (κ1) is 20.6. The highest BCUT2D eigenvalue weighted by Crippen LogP contribution is 2.40. The second-order valence-electron chi connectivity index (χ2n) is 9.61. The molecule has 6 nitrogen and oxygen atoms in total. The van der Waals surface area contributed by atoms with Crippen LogP contribution in [0, 0.1) is 12.8 Å². The molecule has 0 unspecified atom stereocenters. The van der Waals surface area contributed by atoms with Crippen LogP contribution in [-0.4, -0.2) is 40.7 Å². The molecule has 1 aromatic heterocycles. The van der Waals surface area contributed by atoms with Crippen molar-refractivity contribution in [2.45, 2.75) is 76.9 Å². The summed E-state index contributed by atoms with van der Waals surface area (Å²) in [6, 6.07) is 3.83. The highest BCUT2D eigenvalue weighted by atomic mass is 16.5. The number of hydrogen-bond donors (Lipinski definition) is 1. The lowest BCUT2D eigenvalue weighted by Crippen LogP contribution is -2.56. The number of likely N-dealkylation sites (tertiary alicyclic amines) is 1. The van der Waals surface area contributed by atoms with Gasteiger partial charge in [-0.25, -0.2) is 4.79 Å². The van der Waals surface area contributed by atoms with E-state index in [0.29, 0.717) is 30.8 Å². The Morgan fingerprint density at radius 3 is 2.87 bits per heavy atom. The number of hydrogen-bond acceptors (Lipinski definition) is 5. The quantitative estimate of drug-likeness (QED) is 0.762. The maximum Gasteiger partial charge on any atom is 0.339 e. The summed E-state index contributed by atoms with van der Waals surface area (Å²) >= 11 is 0. The summed E-state index contributed by atoms with van der Waals surface area (Å²) in [5.74, 6) is 0.674. The van der Waals surface area contributed by atoms with Gasteiger partial charge in [0.25, 0.3) is 5.91 Å². The molecule has 3 atom stereocenters. The second-order valence-corrected chi connectivity index (χ2v) is 9.61. The van der Waals surface area contributed by atoms with Crippen molar-refractivity contribution in [3.8, 4) is 5.75 Å². The minimum absolute atomic E-state index is 0.0532. The number of nitrogens with zero attached hydrogens (tertiary/aromatic N) is 1. The van der Waals surface area contributed by atoms with Crippen molar-refractivity contribution in [2.24, 2.45) is 5.92 Å². The number of carbonyl (C=O) groups is 1. The third kappa shape index (κ3) is 3.45. The summed E-state index contributed by atoms with van der Waals surface area (Å²) in [6.07, 6.45) is 6.66. The van der Waals surface area contributed by atoms with Crippen molar-refractivity contribution < 1.29 is 19.1 Å². The van der Waals surface area contributed by atoms with Crippen LogP contribution in [0.3, 0.4) is 0 Å². The van der Waals surface area contributed by atoms with Crippen LogP contribution in [0.4, 0.5) is 0 Å². The molecule has 2 aliphatic carbocycles. The number of rotatable bonds is 3. The Kier molecular flexibility index (Phi) is 5.08. The number of benzene rings is 1. The van der Waals surface area contributed by atoms with Gasteiger partial charge in [-0.05, 0) is 70.1 Å². The van der Waals surface area contributed by atoms with E-state index >= 15 is 0 Å². The van der Waals surface area contributed by atoms with E-state index in [1.54, 1.807) is 6.92 Å². The molecule has 1 aromatic carbocycles. The smallest absolute Gasteiger partial charge is 0.339 e. The van der Waals surface area contributed by atoms with Crippen LogP contribution in [-0.2, 0) is 17.6 Å². The lowest BCUT2D eigenvalue weighted by atomic mass is 9.71. The summed E-state index contributed by atoms with van der Waals surface area (Å²) in [7, 11) is 0. The van der Waals surface area contributed by atoms with E-state index in [0.717, 1.165) is 67.0 Å². The monoisotopic (exact) mass is 425 g/mol. The fraction of sp³-hybridized carbons (Fsp3) is 0.600. The molecule has 0 spiro atoms. The number of aliphatic hydroxyl groups is 1. The van der Waals surface area contributed by atoms with Crippen molar-refractivity contribution in [1.29, 1.82) is 0 Å². The van der Waals surface area contributed by atoms with Gasteiger partial charge in [0.2, 0.25) is 0 Å². The first-order valence-corrected chi connectivity index (χ1v) is 11.6. The SMILES string of the molecule is Cc1c(O[C@H](C)C(=O)N2CC[C@]3(O)CCCC[C@H]3C2)ccc2c3c(c(=O)oc12)CCC3. The van der Waals surface area contributed by atoms with Crippen LogP contribution in [0.15, 0.2) is 21.3 Å². The Morgan fingerprint density at radius 1 is 1.23 bits per heavy atom. The summed E-state index contributed by atoms with van der Waals surface area (Å²) in [5.41, 5.74) is 2.36. The standard InChI is InChI=1S/C25H31NO5/c1-15-21(10-9-19-18-7-5-8-20(18)24(28)31-22(15)19)30-16(2)23(27)26-13-12-25(29)11-4-3-6-17(25)14-26/h9-10,16-17,29H,3-8,11-14H2,1-2H3/t16-,17+,25-/m1/s1. The number of fused-ring (bicyclic) bond motifs is 4. The van der Waals surface area contributed by atoms with E-state index in [1.165, 1.54) is 0 Å². The third-order valence-corrected chi connectivity index (χ3v) is 7.73. The Bertz CT molecular complexity index is 1090. The average Bonchev–Trinajstić information content (AvgIpc) is 3.26. The zero-order valence-electron chi connectivity index (χ0n) is 18.4. The minimum Gasteiger partial charge on any atom is -0.480 e. The molecule has 2 fully saturated rings. The first-order chi connectivity index (χ1) is 14.9. The van der Waals surface area contributed by atoms with Gasteiger partial charge in [0.15, 0.2) is 6.10 Å². The molecule has 2 aromatic rings. The Morgan fingerprint density at radius 2 is 2.03 bits per heavy atom. The minimum atomic E-state index is -0.646. The second kappa shape index (κ2) is 7.66. The molecule has 6 heteroatoms. The van der Waals surface area contributed by atoms with Crippen LogP contribution in [0.1, 0.15) is 62.1 Å². The summed E-state index contributed by atoms with van der Waals surface area (Å²) in [4.78, 5) is 27.3. The number of ether oxygens (including phenoxy) is 1. The van der Waals surface area contributed by atoms with Gasteiger partial charge in [-0.15, -0.1) is 0 Å². The lowest BCUT2D eigenvalue weighted by Gasteiger charge is -2.47. The van der Waals surface area contributed by atoms with Crippen LogP contribution < -0.4 is 10.4 Å². The van der Waals surface area contributed by atoms with Crippen molar-refractivity contribution in [3.05, 3.63) is 39.2 Å². The molecule has 1 saturated carbocycles. The maximum absolute atomic E-state index is 13.1. The van der Waals surface area contributed by atoms with Gasteiger partial charge >= 0.3 is 5.63 Å². The van der Waals surface area contributed by atoms with E-state index in [9.17, 15) is 14.7 Å². The third-order valence-electron chi connectivity index (χ3n) is 7.73. The zero-order valence-corrected chi connectivity index (χ0v) is 18.4. The predicted octanol–water partition coefficient (Wildman–Crippen LogP) is 3.51. The van der Waals surface area contributed by atoms with Crippen LogP contribution in [0.5, 0.6) is 5.75 Å². The topological polar surface area (TPSA) is 80.0 Å². The molecular formula is C25H31NO5. The maximum atomic E-state index is 13.1. The van der Waals surface area contributed by atoms with E-state index in [4.69, 9.17) is 9.15 Å². The number of amides is 1. The van der Waals surface area contributed by atoms with Crippen molar-refractivity contribution >= 4 is 16.9 Å². The molecule has 166 valence electrons. The van der Waals surface area contributed by atoms with Crippen molar-refractivity contribution in [1.82, 2.24) is 4.90 Å². The highest BCUT2D eigenvalue weighted by Gasteiger charge is 2.44. The predicted molar refractivity (Wildman–Crippen MR) is 117 cm³/mol. The number of carbonyl (C=O) groups excluding carboxylic acids is 1. The molecule has 1 amide bonds. The molecule has 0 radical (unpaired) electrons. The van der Waals surface area contributed by atoms with E-state index in [2.05, 4.69) is 0 Å². The average molecular weight is 426 g/mol. The fourth-order valence-corrected chi connectivity index (χ4v) is 5.86. The number of piperidine rings is 1. The first-order valence-electron chi connectivity index (χ1n) is 11.6. The molecule has 1 N–H and O–H groups in total. The largest absolute Gasteiger partial charge is 0.480 e. The van der Waals surface area contributed by atoms with Crippen LogP contribution in [0.25, 0.3) is 11.0 Å². The summed E-state index contributed by atoms with van der Waals surface area (Å²) in [6.45, 7) is 4.81. The molecule has 5 rings (SSSR count). The summed E-state index contributed by atoms with van der Waals surface area (Å²) in [5, 5.41) is 11.9. The van der Waals surface area contributed by atoms with Gasteiger partial charge in [-0.2, -0.15) is 0 Å². The summed E-state index contributed by atoms with van der Waals surface area (Å²) < 4.78 is 11.7. The lowest BCUT2D eigenvalue weighted by molar-refractivity contribution is -0.149. The van der Waals surface area contributed by atoms with Gasteiger partial charge in [-0.1, -0.05) is 12.8 Å². The van der Waals surface area contributed by atoms with Crippen LogP contribution in [0.2, 0.25) is 0 Å². The molecular weight excluding hydrogens is 394 g/mol. The van der Waals surface area contributed by atoms with Gasteiger partial charge < -0.3 is 19.2 Å². The Labute approximate surface area is 182 Å². The van der Waals surface area contributed by atoms with Gasteiger partial charge in [0.1, 0.15) is 11.3 Å². The normalized spacial score (nSPS) is 26.4. The fourth-order valence-electron chi connectivity index (χ4n) is 5.86. The highest BCUT2D eigenvalue weighted by molar-refractivity contribution is 5.87. The molecule has 3 aliphatic rings. The molecule has 1 saturated heterocycles. The van der Waals surface area contributed by atoms with Gasteiger partial charge in [0.05, 0.1) is 5.60 Å². The van der Waals surface area contributed by atoms with Crippen LogP contribution >= 0.6 is 0 Å². The van der Waals surface area contributed by atoms with Gasteiger partial charge in [-0.3, -0.25) is 4.79 Å². The molecule has 31 heavy (non-hydrogen) atoms. The Hall–Kier alpha value is -2.34. The molecule has 0 bridgehead atoms. The molecule has 1 aliphatic heterocycles. The zero-order chi connectivity index (χ0) is 21.8.